The molecule has 0 amide bonds. The highest BCUT2D eigenvalue weighted by molar-refractivity contribution is 5.06. The first-order valence-electron chi connectivity index (χ1n) is 3.15. The molecule has 0 spiro atoms. The second-order valence-electron chi connectivity index (χ2n) is 2.15. The van der Waals surface area contributed by atoms with Crippen molar-refractivity contribution in [1.29, 1.82) is 0 Å². The van der Waals surface area contributed by atoms with E-state index in [1.807, 2.05) is 19.3 Å². The molecule has 9 heavy (non-hydrogen) atoms. The lowest BCUT2D eigenvalue weighted by Gasteiger charge is -1.98. The summed E-state index contributed by atoms with van der Waals surface area (Å²) in [6, 6.07) is 4.12. The van der Waals surface area contributed by atoms with Crippen LogP contribution in [0.4, 0.5) is 0 Å². The molecular formula is C7H12N2. The Hall–Kier alpha value is -0.760. The fourth-order valence-electron chi connectivity index (χ4n) is 0.904. The third kappa shape index (κ3) is 1.33. The minimum Gasteiger partial charge on any atom is -0.354 e. The minimum atomic E-state index is 0.734. The second kappa shape index (κ2) is 2.69. The van der Waals surface area contributed by atoms with Crippen molar-refractivity contribution in [3.05, 3.63) is 24.0 Å². The van der Waals surface area contributed by atoms with Gasteiger partial charge < -0.3 is 10.3 Å². The number of aromatic nitrogens is 1. The molecule has 0 saturated heterocycles. The Balaban J connectivity index is 2.69. The second-order valence-corrected chi connectivity index (χ2v) is 2.15. The van der Waals surface area contributed by atoms with Gasteiger partial charge in [-0.15, -0.1) is 0 Å². The molecule has 0 radical (unpaired) electrons. The molecule has 0 aliphatic rings. The lowest BCUT2D eigenvalue weighted by molar-refractivity contribution is 0.807. The molecule has 0 aliphatic heterocycles. The number of hydrogen-bond acceptors (Lipinski definition) is 1. The van der Waals surface area contributed by atoms with Crippen LogP contribution in [0.1, 0.15) is 5.69 Å². The van der Waals surface area contributed by atoms with E-state index in [2.05, 4.69) is 10.6 Å². The third-order valence-electron chi connectivity index (χ3n) is 1.45. The molecule has 1 rings (SSSR count). The number of nitrogens with two attached hydrogens (primary N) is 1. The zero-order valence-electron chi connectivity index (χ0n) is 5.67. The van der Waals surface area contributed by atoms with Gasteiger partial charge in [-0.2, -0.15) is 0 Å². The number of hydrogen-bond donors (Lipinski definition) is 1. The zero-order valence-corrected chi connectivity index (χ0v) is 5.67. The van der Waals surface area contributed by atoms with Gasteiger partial charge in [-0.05, 0) is 25.1 Å². The molecule has 1 aromatic heterocycles. The van der Waals surface area contributed by atoms with E-state index < -0.39 is 0 Å². The smallest absolute Gasteiger partial charge is 0.0184 e. The molecule has 2 N–H and O–H groups in total. The van der Waals surface area contributed by atoms with E-state index in [9.17, 15) is 0 Å². The quantitative estimate of drug-likeness (QED) is 0.612. The Morgan fingerprint density at radius 2 is 2.44 bits per heavy atom. The maximum Gasteiger partial charge on any atom is 0.0184 e. The van der Waals surface area contributed by atoms with Crippen LogP contribution in [0.25, 0.3) is 0 Å². The third-order valence-corrected chi connectivity index (χ3v) is 1.45. The van der Waals surface area contributed by atoms with Gasteiger partial charge in [-0.25, -0.2) is 0 Å². The average Bonchev–Trinajstić information content (AvgIpc) is 2.18. The molecule has 0 aliphatic carbocycles. The molecule has 1 aromatic rings. The van der Waals surface area contributed by atoms with Gasteiger partial charge in [0.1, 0.15) is 0 Å². The van der Waals surface area contributed by atoms with Crippen molar-refractivity contribution in [3.8, 4) is 0 Å². The maximum absolute atomic E-state index is 5.38. The van der Waals surface area contributed by atoms with Crippen LogP contribution >= 0.6 is 0 Å². The molecule has 0 aromatic carbocycles. The summed E-state index contributed by atoms with van der Waals surface area (Å²) in [6.07, 6.45) is 3.01. The van der Waals surface area contributed by atoms with Crippen LogP contribution in [0.3, 0.4) is 0 Å². The molecule has 2 nitrogen and oxygen atoms in total. The molecule has 2 heteroatoms. The molecule has 1 heterocycles. The molecule has 0 atom stereocenters. The van der Waals surface area contributed by atoms with Crippen molar-refractivity contribution < 1.29 is 0 Å². The summed E-state index contributed by atoms with van der Waals surface area (Å²) in [6.45, 7) is 0.734. The highest BCUT2D eigenvalue weighted by atomic mass is 14.9. The highest BCUT2D eigenvalue weighted by Gasteiger charge is 1.91. The standard InChI is InChI=1S/C7H12N2/c1-9-6-2-3-7(9)4-5-8/h2-3,6H,4-5,8H2,1H3. The zero-order chi connectivity index (χ0) is 6.69. The Kier molecular flexibility index (Phi) is 1.90. The van der Waals surface area contributed by atoms with Crippen molar-refractivity contribution >= 4 is 0 Å². The summed E-state index contributed by atoms with van der Waals surface area (Å²) in [5.41, 5.74) is 6.68. The molecule has 0 saturated carbocycles. The van der Waals surface area contributed by atoms with Gasteiger partial charge in [-0.1, -0.05) is 0 Å². The first-order valence-corrected chi connectivity index (χ1v) is 3.15. The van der Waals surface area contributed by atoms with Crippen LogP contribution in [0, 0.1) is 0 Å². The van der Waals surface area contributed by atoms with Crippen molar-refractivity contribution in [3.63, 3.8) is 0 Å². The van der Waals surface area contributed by atoms with Gasteiger partial charge in [0.2, 0.25) is 0 Å². The van der Waals surface area contributed by atoms with Crippen molar-refractivity contribution in [2.24, 2.45) is 12.8 Å². The number of nitrogens with zero attached hydrogens (tertiary/aromatic N) is 1. The van der Waals surface area contributed by atoms with E-state index in [-0.39, 0.29) is 0 Å². The Bertz CT molecular complexity index is 179. The monoisotopic (exact) mass is 124 g/mol. The van der Waals surface area contributed by atoms with E-state index in [1.165, 1.54) is 5.69 Å². The fourth-order valence-corrected chi connectivity index (χ4v) is 0.904. The van der Waals surface area contributed by atoms with Crippen LogP contribution in [0.15, 0.2) is 18.3 Å². The van der Waals surface area contributed by atoms with Crippen molar-refractivity contribution in [2.75, 3.05) is 6.54 Å². The SMILES string of the molecule is Cn1cccc1CCN. The first kappa shape index (κ1) is 6.36. The summed E-state index contributed by atoms with van der Waals surface area (Å²) in [4.78, 5) is 0. The summed E-state index contributed by atoms with van der Waals surface area (Å²) < 4.78 is 2.09. The fraction of sp³-hybridized carbons (Fsp3) is 0.429. The molecule has 0 unspecified atom stereocenters. The summed E-state index contributed by atoms with van der Waals surface area (Å²) in [7, 11) is 2.03. The number of rotatable bonds is 2. The summed E-state index contributed by atoms with van der Waals surface area (Å²) in [5, 5.41) is 0. The lowest BCUT2D eigenvalue weighted by atomic mass is 10.3. The molecule has 0 bridgehead atoms. The number of aryl methyl sites for hydroxylation is 1. The highest BCUT2D eigenvalue weighted by Crippen LogP contribution is 1.98. The van der Waals surface area contributed by atoms with Gasteiger partial charge in [0, 0.05) is 18.9 Å². The predicted molar refractivity (Wildman–Crippen MR) is 38.2 cm³/mol. The molecule has 0 fully saturated rings. The Morgan fingerprint density at radius 3 is 2.89 bits per heavy atom. The maximum atomic E-state index is 5.38. The van der Waals surface area contributed by atoms with Crippen LogP contribution in [0.5, 0.6) is 0 Å². The summed E-state index contributed by atoms with van der Waals surface area (Å²) in [5.74, 6) is 0. The van der Waals surface area contributed by atoms with Gasteiger partial charge in [-0.3, -0.25) is 0 Å². The minimum absolute atomic E-state index is 0.734. The van der Waals surface area contributed by atoms with E-state index in [1.54, 1.807) is 0 Å². The Morgan fingerprint density at radius 1 is 1.67 bits per heavy atom. The van der Waals surface area contributed by atoms with Crippen LogP contribution in [-0.4, -0.2) is 11.1 Å². The van der Waals surface area contributed by atoms with E-state index in [4.69, 9.17) is 5.73 Å². The lowest BCUT2D eigenvalue weighted by Crippen LogP contribution is -2.05. The van der Waals surface area contributed by atoms with Crippen LogP contribution in [-0.2, 0) is 13.5 Å². The largest absolute Gasteiger partial charge is 0.354 e. The van der Waals surface area contributed by atoms with Gasteiger partial charge in [0.15, 0.2) is 0 Å². The van der Waals surface area contributed by atoms with Crippen molar-refractivity contribution in [1.82, 2.24) is 4.57 Å². The van der Waals surface area contributed by atoms with Gasteiger partial charge in [0.25, 0.3) is 0 Å². The van der Waals surface area contributed by atoms with Crippen LogP contribution in [0.2, 0.25) is 0 Å². The normalized spacial score (nSPS) is 10.0. The van der Waals surface area contributed by atoms with Gasteiger partial charge >= 0.3 is 0 Å². The molecule has 50 valence electrons. The van der Waals surface area contributed by atoms with Crippen LogP contribution < -0.4 is 5.73 Å². The van der Waals surface area contributed by atoms with Gasteiger partial charge in [0.05, 0.1) is 0 Å². The van der Waals surface area contributed by atoms with E-state index >= 15 is 0 Å². The summed E-state index contributed by atoms with van der Waals surface area (Å²) >= 11 is 0. The van der Waals surface area contributed by atoms with E-state index in [0.29, 0.717) is 0 Å². The predicted octanol–water partition coefficient (Wildman–Crippen LogP) is 0.526. The first-order chi connectivity index (χ1) is 4.34. The van der Waals surface area contributed by atoms with E-state index in [0.717, 1.165) is 13.0 Å². The Labute approximate surface area is 55.3 Å². The topological polar surface area (TPSA) is 30.9 Å². The molecular weight excluding hydrogens is 112 g/mol. The van der Waals surface area contributed by atoms with Crippen molar-refractivity contribution in [2.45, 2.75) is 6.42 Å². The average molecular weight is 124 g/mol.